The Morgan fingerprint density at radius 2 is 1.65 bits per heavy atom. The predicted molar refractivity (Wildman–Crippen MR) is 128 cm³/mol. The molecular formula is C27H28N2O5. The first-order valence-electron chi connectivity index (χ1n) is 11.8. The summed E-state index contributed by atoms with van der Waals surface area (Å²) in [7, 11) is 0. The molecule has 2 aromatic carbocycles. The number of rotatable bonds is 7. The quantitative estimate of drug-likeness (QED) is 0.437. The number of hydrogen-bond donors (Lipinski definition) is 2. The number of carbonyl (C=O) groups is 2. The van der Waals surface area contributed by atoms with Crippen molar-refractivity contribution < 1.29 is 24.0 Å². The van der Waals surface area contributed by atoms with E-state index in [0.717, 1.165) is 35.1 Å². The van der Waals surface area contributed by atoms with Gasteiger partial charge in [-0.1, -0.05) is 60.1 Å². The fraction of sp³-hybridized carbons (Fsp3) is 0.370. The molecule has 3 aromatic rings. The van der Waals surface area contributed by atoms with Gasteiger partial charge in [0.2, 0.25) is 0 Å². The van der Waals surface area contributed by atoms with Crippen LogP contribution in [0.4, 0.5) is 10.5 Å². The van der Waals surface area contributed by atoms with Gasteiger partial charge in [0.05, 0.1) is 5.41 Å². The summed E-state index contributed by atoms with van der Waals surface area (Å²) >= 11 is 0. The third-order valence-corrected chi connectivity index (χ3v) is 7.27. The van der Waals surface area contributed by atoms with E-state index in [1.54, 1.807) is 6.92 Å². The van der Waals surface area contributed by atoms with Crippen LogP contribution in [0.25, 0.3) is 22.5 Å². The maximum Gasteiger partial charge on any atom is 0.412 e. The summed E-state index contributed by atoms with van der Waals surface area (Å²) < 4.78 is 11.1. The molecule has 7 nitrogen and oxygen atoms in total. The number of nitrogens with zero attached hydrogens (tertiary/aromatic N) is 1. The van der Waals surface area contributed by atoms with Gasteiger partial charge in [-0.2, -0.15) is 0 Å². The van der Waals surface area contributed by atoms with Crippen LogP contribution in [-0.4, -0.2) is 28.4 Å². The Kier molecular flexibility index (Phi) is 5.63. The first-order valence-corrected chi connectivity index (χ1v) is 11.8. The monoisotopic (exact) mass is 460 g/mol. The molecule has 2 saturated carbocycles. The van der Waals surface area contributed by atoms with Crippen molar-refractivity contribution in [3.8, 4) is 22.5 Å². The van der Waals surface area contributed by atoms with E-state index >= 15 is 0 Å². The summed E-state index contributed by atoms with van der Waals surface area (Å²) in [5.74, 6) is 0.164. The summed E-state index contributed by atoms with van der Waals surface area (Å²) in [4.78, 5) is 24.0. The second-order valence-corrected chi connectivity index (χ2v) is 9.44. The minimum Gasteiger partial charge on any atom is -0.481 e. The van der Waals surface area contributed by atoms with E-state index in [0.29, 0.717) is 35.9 Å². The lowest BCUT2D eigenvalue weighted by molar-refractivity contribution is -0.140. The minimum absolute atomic E-state index is 0.117. The summed E-state index contributed by atoms with van der Waals surface area (Å²) in [5.41, 5.74) is 4.01. The molecule has 176 valence electrons. The Morgan fingerprint density at radius 3 is 2.18 bits per heavy atom. The number of ether oxygens (including phenoxy) is 1. The van der Waals surface area contributed by atoms with E-state index in [1.807, 2.05) is 55.5 Å². The van der Waals surface area contributed by atoms with Gasteiger partial charge in [-0.15, -0.1) is 0 Å². The molecule has 5 rings (SSSR count). The van der Waals surface area contributed by atoms with E-state index in [1.165, 1.54) is 6.42 Å². The molecule has 2 aliphatic carbocycles. The molecule has 34 heavy (non-hydrogen) atoms. The van der Waals surface area contributed by atoms with Crippen molar-refractivity contribution in [3.05, 3.63) is 59.8 Å². The Labute approximate surface area is 198 Å². The molecule has 0 spiro atoms. The lowest BCUT2D eigenvalue weighted by Gasteiger charge is -2.30. The molecule has 0 bridgehead atoms. The highest BCUT2D eigenvalue weighted by Crippen LogP contribution is 2.48. The fourth-order valence-corrected chi connectivity index (χ4v) is 4.57. The standard InChI is InChI=1S/C27H28N2O5/c1-16-23(28-26(32)33-17(2)18-4-3-5-18)24(34-29-16)21-8-6-19(7-9-21)20-10-12-22(13-11-20)27(14-15-27)25(30)31/h6-13,17-18H,3-5,14-15H2,1-2H3,(H,28,32)(H,30,31). The van der Waals surface area contributed by atoms with Crippen molar-refractivity contribution in [3.63, 3.8) is 0 Å². The SMILES string of the molecule is Cc1noc(-c2ccc(-c3ccc(C4(C(=O)O)CC4)cc3)cc2)c1NC(=O)OC(C)C1CCC1. The molecule has 1 aromatic heterocycles. The number of carbonyl (C=O) groups excluding carboxylic acids is 1. The number of carboxylic acid groups (broad SMARTS) is 1. The van der Waals surface area contributed by atoms with Crippen LogP contribution in [0.15, 0.2) is 53.1 Å². The van der Waals surface area contributed by atoms with E-state index in [2.05, 4.69) is 10.5 Å². The molecule has 1 heterocycles. The number of amides is 1. The summed E-state index contributed by atoms with van der Waals surface area (Å²) in [6.07, 6.45) is 4.15. The number of carboxylic acids is 1. The van der Waals surface area contributed by atoms with Crippen LogP contribution in [0.5, 0.6) is 0 Å². The van der Waals surface area contributed by atoms with Gasteiger partial charge in [0.15, 0.2) is 5.76 Å². The molecule has 7 heteroatoms. The lowest BCUT2D eigenvalue weighted by Crippen LogP contribution is -2.30. The molecule has 2 aliphatic rings. The average Bonchev–Trinajstić information content (AvgIpc) is 3.53. The Bertz CT molecular complexity index is 1200. The number of hydrogen-bond acceptors (Lipinski definition) is 5. The largest absolute Gasteiger partial charge is 0.481 e. The Morgan fingerprint density at radius 1 is 1.06 bits per heavy atom. The van der Waals surface area contributed by atoms with E-state index < -0.39 is 17.5 Å². The molecule has 0 saturated heterocycles. The summed E-state index contributed by atoms with van der Waals surface area (Å²) in [6.45, 7) is 3.71. The zero-order valence-electron chi connectivity index (χ0n) is 19.3. The van der Waals surface area contributed by atoms with E-state index in [-0.39, 0.29) is 6.10 Å². The van der Waals surface area contributed by atoms with Crippen molar-refractivity contribution >= 4 is 17.7 Å². The first kappa shape index (κ1) is 22.2. The topological polar surface area (TPSA) is 102 Å². The molecule has 1 amide bonds. The molecular weight excluding hydrogens is 432 g/mol. The Hall–Kier alpha value is -3.61. The van der Waals surface area contributed by atoms with Crippen molar-refractivity contribution in [1.82, 2.24) is 5.16 Å². The lowest BCUT2D eigenvalue weighted by atomic mass is 9.82. The normalized spacial score (nSPS) is 17.5. The van der Waals surface area contributed by atoms with E-state index in [4.69, 9.17) is 9.26 Å². The van der Waals surface area contributed by atoms with Crippen molar-refractivity contribution in [1.29, 1.82) is 0 Å². The molecule has 1 unspecified atom stereocenters. The number of anilines is 1. The van der Waals surface area contributed by atoms with Gasteiger partial charge in [-0.25, -0.2) is 4.79 Å². The van der Waals surface area contributed by atoms with Gasteiger partial charge in [0.1, 0.15) is 17.5 Å². The third kappa shape index (κ3) is 4.06. The third-order valence-electron chi connectivity index (χ3n) is 7.27. The van der Waals surface area contributed by atoms with E-state index in [9.17, 15) is 14.7 Å². The van der Waals surface area contributed by atoms with Gasteiger partial charge in [0.25, 0.3) is 0 Å². The molecule has 1 atom stereocenters. The van der Waals surface area contributed by atoms with Crippen molar-refractivity contribution in [2.45, 2.75) is 57.5 Å². The fourth-order valence-electron chi connectivity index (χ4n) is 4.57. The highest BCUT2D eigenvalue weighted by atomic mass is 16.6. The highest BCUT2D eigenvalue weighted by molar-refractivity contribution is 5.91. The zero-order chi connectivity index (χ0) is 23.9. The van der Waals surface area contributed by atoms with Crippen LogP contribution in [0.1, 0.15) is 50.3 Å². The molecule has 0 aliphatic heterocycles. The van der Waals surface area contributed by atoms with Crippen LogP contribution in [0.3, 0.4) is 0 Å². The first-order chi connectivity index (χ1) is 16.4. The smallest absolute Gasteiger partial charge is 0.412 e. The van der Waals surface area contributed by atoms with Gasteiger partial charge >= 0.3 is 12.1 Å². The molecule has 2 fully saturated rings. The number of benzene rings is 2. The predicted octanol–water partition coefficient (Wildman–Crippen LogP) is 6.17. The van der Waals surface area contributed by atoms with Gasteiger partial charge < -0.3 is 14.4 Å². The van der Waals surface area contributed by atoms with Crippen LogP contribution < -0.4 is 5.32 Å². The zero-order valence-corrected chi connectivity index (χ0v) is 19.3. The average molecular weight is 461 g/mol. The Balaban J connectivity index is 1.30. The number of aromatic nitrogens is 1. The summed E-state index contributed by atoms with van der Waals surface area (Å²) in [5, 5.41) is 16.3. The van der Waals surface area contributed by atoms with Gasteiger partial charge in [-0.05, 0) is 62.1 Å². The van der Waals surface area contributed by atoms with Crippen LogP contribution in [0, 0.1) is 12.8 Å². The number of nitrogens with one attached hydrogen (secondary N) is 1. The van der Waals surface area contributed by atoms with Crippen LogP contribution in [0.2, 0.25) is 0 Å². The highest BCUT2D eigenvalue weighted by Gasteiger charge is 2.51. The second kappa shape index (κ2) is 8.63. The van der Waals surface area contributed by atoms with Crippen molar-refractivity contribution in [2.24, 2.45) is 5.92 Å². The maximum atomic E-state index is 12.4. The van der Waals surface area contributed by atoms with Crippen LogP contribution >= 0.6 is 0 Å². The van der Waals surface area contributed by atoms with Gasteiger partial charge in [0, 0.05) is 5.56 Å². The molecule has 2 N–H and O–H groups in total. The van der Waals surface area contributed by atoms with Gasteiger partial charge in [-0.3, -0.25) is 10.1 Å². The minimum atomic E-state index is -0.752. The maximum absolute atomic E-state index is 12.4. The van der Waals surface area contributed by atoms with Crippen LogP contribution in [-0.2, 0) is 14.9 Å². The summed E-state index contributed by atoms with van der Waals surface area (Å²) in [6, 6.07) is 15.5. The molecule has 0 radical (unpaired) electrons. The number of aliphatic carboxylic acids is 1. The van der Waals surface area contributed by atoms with Crippen molar-refractivity contribution in [2.75, 3.05) is 5.32 Å². The second-order valence-electron chi connectivity index (χ2n) is 9.44. The number of aryl methyl sites for hydroxylation is 1.